The van der Waals surface area contributed by atoms with Gasteiger partial charge in [-0.3, -0.25) is 9.69 Å². The number of carbonyl (C=O) groups is 2. The van der Waals surface area contributed by atoms with Crippen molar-refractivity contribution in [2.45, 2.75) is 13.0 Å². The number of cyclic esters (lactones) is 1. The molecule has 2 heterocycles. The fourth-order valence-electron chi connectivity index (χ4n) is 2.26. The predicted octanol–water partition coefficient (Wildman–Crippen LogP) is 2.81. The summed E-state index contributed by atoms with van der Waals surface area (Å²) < 4.78 is 5.30. The lowest BCUT2D eigenvalue weighted by Crippen LogP contribution is -2.34. The van der Waals surface area contributed by atoms with Gasteiger partial charge in [0.15, 0.2) is 0 Å². The molecular formula is C16H16N2O3S. The Morgan fingerprint density at radius 3 is 2.82 bits per heavy atom. The van der Waals surface area contributed by atoms with Crippen LogP contribution in [0.4, 0.5) is 10.5 Å². The van der Waals surface area contributed by atoms with E-state index in [4.69, 9.17) is 4.74 Å². The van der Waals surface area contributed by atoms with Crippen molar-refractivity contribution in [2.24, 2.45) is 0 Å². The van der Waals surface area contributed by atoms with Crippen LogP contribution in [0.5, 0.6) is 0 Å². The highest BCUT2D eigenvalue weighted by molar-refractivity contribution is 7.12. The second-order valence-electron chi connectivity index (χ2n) is 5.14. The van der Waals surface area contributed by atoms with Crippen molar-refractivity contribution in [1.29, 1.82) is 0 Å². The van der Waals surface area contributed by atoms with Gasteiger partial charge in [-0.2, -0.15) is 0 Å². The Labute approximate surface area is 132 Å². The maximum absolute atomic E-state index is 11.9. The third-order valence-electron chi connectivity index (χ3n) is 3.45. The van der Waals surface area contributed by atoms with E-state index in [0.717, 1.165) is 11.3 Å². The van der Waals surface area contributed by atoms with Crippen molar-refractivity contribution < 1.29 is 14.3 Å². The molecule has 1 aliphatic heterocycles. The van der Waals surface area contributed by atoms with Gasteiger partial charge in [-0.15, -0.1) is 11.3 Å². The standard InChI is InChI=1S/C16H16N2O3S/c1-11-4-6-12(7-5-11)18-10-13(21-16(18)20)9-17-15(19)14-3-2-8-22-14/h2-8,13H,9-10H2,1H3,(H,17,19). The summed E-state index contributed by atoms with van der Waals surface area (Å²) in [6, 6.07) is 11.3. The van der Waals surface area contributed by atoms with Gasteiger partial charge in [-0.1, -0.05) is 23.8 Å². The first-order valence-corrected chi connectivity index (χ1v) is 7.88. The van der Waals surface area contributed by atoms with Crippen LogP contribution in [0.2, 0.25) is 0 Å². The number of hydrogen-bond acceptors (Lipinski definition) is 4. The normalized spacial score (nSPS) is 17.4. The van der Waals surface area contributed by atoms with E-state index in [1.54, 1.807) is 11.0 Å². The Morgan fingerprint density at radius 1 is 1.36 bits per heavy atom. The summed E-state index contributed by atoms with van der Waals surface area (Å²) >= 11 is 1.38. The molecule has 1 unspecified atom stereocenters. The minimum Gasteiger partial charge on any atom is -0.442 e. The molecule has 1 saturated heterocycles. The Morgan fingerprint density at radius 2 is 2.14 bits per heavy atom. The number of rotatable bonds is 4. The molecule has 0 spiro atoms. The average molecular weight is 316 g/mol. The van der Waals surface area contributed by atoms with Gasteiger partial charge < -0.3 is 10.1 Å². The summed E-state index contributed by atoms with van der Waals surface area (Å²) in [4.78, 5) is 26.1. The molecule has 1 atom stereocenters. The number of thiophene rings is 1. The number of benzene rings is 1. The van der Waals surface area contributed by atoms with Crippen LogP contribution >= 0.6 is 11.3 Å². The van der Waals surface area contributed by atoms with Gasteiger partial charge in [0.1, 0.15) is 6.10 Å². The first-order valence-electron chi connectivity index (χ1n) is 7.00. The summed E-state index contributed by atoms with van der Waals surface area (Å²) in [6.07, 6.45) is -0.711. The zero-order valence-electron chi connectivity index (χ0n) is 12.1. The smallest absolute Gasteiger partial charge is 0.414 e. The number of carbonyl (C=O) groups excluding carboxylic acids is 2. The van der Waals surface area contributed by atoms with Gasteiger partial charge in [-0.25, -0.2) is 4.79 Å². The van der Waals surface area contributed by atoms with E-state index in [1.807, 2.05) is 42.6 Å². The topological polar surface area (TPSA) is 58.6 Å². The molecule has 1 N–H and O–H groups in total. The summed E-state index contributed by atoms with van der Waals surface area (Å²) in [5.74, 6) is -0.139. The second kappa shape index (κ2) is 6.19. The van der Waals surface area contributed by atoms with Crippen LogP contribution in [-0.2, 0) is 4.74 Å². The molecule has 5 nitrogen and oxygen atoms in total. The minimum absolute atomic E-state index is 0.139. The van der Waals surface area contributed by atoms with Crippen molar-refractivity contribution in [3.63, 3.8) is 0 Å². The number of nitrogens with zero attached hydrogens (tertiary/aromatic N) is 1. The molecule has 6 heteroatoms. The molecule has 1 fully saturated rings. The zero-order valence-corrected chi connectivity index (χ0v) is 12.9. The zero-order chi connectivity index (χ0) is 15.5. The van der Waals surface area contributed by atoms with Gasteiger partial charge in [0.2, 0.25) is 0 Å². The molecule has 1 aromatic heterocycles. The number of hydrogen-bond donors (Lipinski definition) is 1. The van der Waals surface area contributed by atoms with Crippen molar-refractivity contribution in [2.75, 3.05) is 18.0 Å². The molecule has 0 saturated carbocycles. The number of ether oxygens (including phenoxy) is 1. The van der Waals surface area contributed by atoms with E-state index in [2.05, 4.69) is 5.32 Å². The number of anilines is 1. The number of nitrogens with one attached hydrogen (secondary N) is 1. The van der Waals surface area contributed by atoms with E-state index in [-0.39, 0.29) is 18.1 Å². The van der Waals surface area contributed by atoms with Crippen molar-refractivity contribution >= 4 is 29.0 Å². The average Bonchev–Trinajstić information content (AvgIpc) is 3.15. The van der Waals surface area contributed by atoms with E-state index < -0.39 is 0 Å². The minimum atomic E-state index is -0.376. The molecule has 2 amide bonds. The molecule has 3 rings (SSSR count). The second-order valence-corrected chi connectivity index (χ2v) is 6.09. The van der Waals surface area contributed by atoms with Crippen LogP contribution in [0.3, 0.4) is 0 Å². The highest BCUT2D eigenvalue weighted by Gasteiger charge is 2.32. The van der Waals surface area contributed by atoms with Crippen LogP contribution in [0.15, 0.2) is 41.8 Å². The van der Waals surface area contributed by atoms with Crippen molar-refractivity contribution in [3.8, 4) is 0 Å². The predicted molar refractivity (Wildman–Crippen MR) is 85.4 cm³/mol. The lowest BCUT2D eigenvalue weighted by Gasteiger charge is -2.13. The summed E-state index contributed by atoms with van der Waals surface area (Å²) in [7, 11) is 0. The summed E-state index contributed by atoms with van der Waals surface area (Å²) in [5, 5.41) is 4.65. The van der Waals surface area contributed by atoms with Gasteiger partial charge >= 0.3 is 6.09 Å². The monoisotopic (exact) mass is 316 g/mol. The molecule has 2 aromatic rings. The lowest BCUT2D eigenvalue weighted by molar-refractivity contribution is 0.0920. The van der Waals surface area contributed by atoms with Gasteiger partial charge in [0, 0.05) is 5.69 Å². The van der Waals surface area contributed by atoms with Gasteiger partial charge in [-0.05, 0) is 30.5 Å². The lowest BCUT2D eigenvalue weighted by atomic mass is 10.2. The van der Waals surface area contributed by atoms with E-state index >= 15 is 0 Å². The SMILES string of the molecule is Cc1ccc(N2CC(CNC(=O)c3cccs3)OC2=O)cc1. The van der Waals surface area contributed by atoms with Gasteiger partial charge in [0.05, 0.1) is 18.0 Å². The van der Waals surface area contributed by atoms with Crippen molar-refractivity contribution in [1.82, 2.24) is 5.32 Å². The van der Waals surface area contributed by atoms with E-state index in [9.17, 15) is 9.59 Å². The fraction of sp³-hybridized carbons (Fsp3) is 0.250. The van der Waals surface area contributed by atoms with Crippen LogP contribution < -0.4 is 10.2 Å². The maximum atomic E-state index is 11.9. The first-order chi connectivity index (χ1) is 10.6. The maximum Gasteiger partial charge on any atom is 0.414 e. The molecule has 0 bridgehead atoms. The Kier molecular flexibility index (Phi) is 4.11. The highest BCUT2D eigenvalue weighted by atomic mass is 32.1. The first kappa shape index (κ1) is 14.6. The molecule has 1 aromatic carbocycles. The molecular weight excluding hydrogens is 300 g/mol. The molecule has 114 valence electrons. The highest BCUT2D eigenvalue weighted by Crippen LogP contribution is 2.21. The van der Waals surface area contributed by atoms with Crippen LogP contribution in [-0.4, -0.2) is 31.2 Å². The Balaban J connectivity index is 1.58. The Hall–Kier alpha value is -2.34. The quantitative estimate of drug-likeness (QED) is 0.943. The summed E-state index contributed by atoms with van der Waals surface area (Å²) in [5.41, 5.74) is 1.94. The summed E-state index contributed by atoms with van der Waals surface area (Å²) in [6.45, 7) is 2.74. The number of amides is 2. The molecule has 22 heavy (non-hydrogen) atoms. The fourth-order valence-corrected chi connectivity index (χ4v) is 2.90. The Bertz CT molecular complexity index is 667. The molecule has 1 aliphatic rings. The third-order valence-corrected chi connectivity index (χ3v) is 4.32. The van der Waals surface area contributed by atoms with Crippen molar-refractivity contribution in [3.05, 3.63) is 52.2 Å². The van der Waals surface area contributed by atoms with E-state index in [1.165, 1.54) is 11.3 Å². The van der Waals surface area contributed by atoms with Crippen LogP contribution in [0.25, 0.3) is 0 Å². The molecule has 0 aliphatic carbocycles. The van der Waals surface area contributed by atoms with Gasteiger partial charge in [0.25, 0.3) is 5.91 Å². The van der Waals surface area contributed by atoms with Crippen LogP contribution in [0, 0.1) is 6.92 Å². The largest absolute Gasteiger partial charge is 0.442 e. The molecule has 0 radical (unpaired) electrons. The third kappa shape index (κ3) is 3.12. The van der Waals surface area contributed by atoms with E-state index in [0.29, 0.717) is 18.0 Å². The van der Waals surface area contributed by atoms with Crippen LogP contribution in [0.1, 0.15) is 15.2 Å². The number of aryl methyl sites for hydroxylation is 1.